The van der Waals surface area contributed by atoms with Crippen molar-refractivity contribution in [3.8, 4) is 10.6 Å². The van der Waals surface area contributed by atoms with Gasteiger partial charge in [-0.2, -0.15) is 0 Å². The van der Waals surface area contributed by atoms with Crippen LogP contribution in [0.4, 0.5) is 10.1 Å². The second-order valence-electron chi connectivity index (χ2n) is 7.96. The van der Waals surface area contributed by atoms with Gasteiger partial charge in [-0.3, -0.25) is 14.2 Å². The molecule has 1 aromatic carbocycles. The van der Waals surface area contributed by atoms with Crippen molar-refractivity contribution in [1.82, 2.24) is 14.9 Å². The first-order chi connectivity index (χ1) is 14.9. The number of nitrogens with zero attached hydrogens (tertiary/aromatic N) is 4. The highest BCUT2D eigenvalue weighted by Gasteiger charge is 2.49. The third-order valence-electron chi connectivity index (χ3n) is 6.01. The highest BCUT2D eigenvalue weighted by molar-refractivity contribution is 7.96. The Hall–Kier alpha value is -2.56. The molecular weight excluding hydrogens is 439 g/mol. The minimum Gasteiger partial charge on any atom is -0.442 e. The summed E-state index contributed by atoms with van der Waals surface area (Å²) < 4.78 is 46.5. The van der Waals surface area contributed by atoms with Gasteiger partial charge in [0, 0.05) is 30.7 Å². The Bertz CT molecular complexity index is 1220. The van der Waals surface area contributed by atoms with Crippen LogP contribution < -0.4 is 4.31 Å². The van der Waals surface area contributed by atoms with Gasteiger partial charge in [-0.1, -0.05) is 6.07 Å². The smallest absolute Gasteiger partial charge is 0.258 e. The molecule has 2 aliphatic heterocycles. The summed E-state index contributed by atoms with van der Waals surface area (Å²) in [6.07, 6.45) is 6.15. The minimum atomic E-state index is -3.66. The molecule has 10 heteroatoms. The number of aromatic nitrogens is 2. The molecule has 0 amide bonds. The zero-order valence-electron chi connectivity index (χ0n) is 16.8. The van der Waals surface area contributed by atoms with E-state index in [1.165, 1.54) is 45.6 Å². The first-order valence-electron chi connectivity index (χ1n) is 9.93. The molecule has 1 fully saturated rings. The van der Waals surface area contributed by atoms with Crippen LogP contribution in [0.1, 0.15) is 25.5 Å². The van der Waals surface area contributed by atoms with Gasteiger partial charge in [0.25, 0.3) is 10.0 Å². The predicted octanol–water partition coefficient (Wildman–Crippen LogP) is 4.02. The van der Waals surface area contributed by atoms with Gasteiger partial charge in [-0.15, -0.1) is 11.3 Å². The Balaban J connectivity index is 1.39. The Morgan fingerprint density at radius 1 is 1.39 bits per heavy atom. The third kappa shape index (κ3) is 3.58. The molecule has 4 heterocycles. The molecule has 1 spiro atoms. The topological polar surface area (TPSA) is 79.5 Å². The molecule has 0 bridgehead atoms. The minimum absolute atomic E-state index is 0.0776. The fraction of sp³-hybridized carbons (Fsp3) is 0.333. The summed E-state index contributed by atoms with van der Waals surface area (Å²) in [5.74, 6) is 0.265. The highest BCUT2D eigenvalue weighted by Crippen LogP contribution is 2.43. The Labute approximate surface area is 183 Å². The average Bonchev–Trinajstić information content (AvgIpc) is 3.44. The Morgan fingerprint density at radius 3 is 3.00 bits per heavy atom. The maximum Gasteiger partial charge on any atom is 0.258 e. The van der Waals surface area contributed by atoms with Crippen LogP contribution in [-0.2, 0) is 16.6 Å². The SMILES string of the molecule is C[C@H]1C[C@@]2(C=CS(=O)(=O)N2c2cccc(F)c2)CCN1Cc1ncoc1-c1cncs1. The number of benzene rings is 1. The van der Waals surface area contributed by atoms with Crippen LogP contribution in [0, 0.1) is 5.82 Å². The summed E-state index contributed by atoms with van der Waals surface area (Å²) in [5.41, 5.74) is 2.24. The molecule has 0 aliphatic carbocycles. The van der Waals surface area contributed by atoms with E-state index in [1.54, 1.807) is 23.8 Å². The molecule has 2 aliphatic rings. The summed E-state index contributed by atoms with van der Waals surface area (Å²) in [6.45, 7) is 3.34. The van der Waals surface area contributed by atoms with Crippen molar-refractivity contribution in [1.29, 1.82) is 0 Å². The molecule has 0 N–H and O–H groups in total. The molecular formula is C21H21FN4O3S2. The van der Waals surface area contributed by atoms with Gasteiger partial charge in [-0.05, 0) is 44.0 Å². The fourth-order valence-corrected chi connectivity index (χ4v) is 6.89. The van der Waals surface area contributed by atoms with Crippen LogP contribution in [0.2, 0.25) is 0 Å². The van der Waals surface area contributed by atoms with E-state index in [0.29, 0.717) is 31.6 Å². The van der Waals surface area contributed by atoms with E-state index in [4.69, 9.17) is 4.42 Å². The highest BCUT2D eigenvalue weighted by atomic mass is 32.2. The van der Waals surface area contributed by atoms with E-state index in [-0.39, 0.29) is 6.04 Å². The molecule has 31 heavy (non-hydrogen) atoms. The number of oxazole rings is 1. The van der Waals surface area contributed by atoms with E-state index >= 15 is 0 Å². The standard InChI is InChI=1S/C21H21FN4O3S2/c1-15-10-21(6-8-31(27,28)26(21)17-4-2-3-16(22)9-17)5-7-25(15)12-18-20(29-13-24-18)19-11-23-14-30-19/h2-4,6,8-9,11,13-15H,5,7,10,12H2,1H3/t15-,21-/m0/s1. The molecule has 1 saturated heterocycles. The van der Waals surface area contributed by atoms with Gasteiger partial charge in [0.15, 0.2) is 12.2 Å². The number of likely N-dealkylation sites (tertiary alicyclic amines) is 1. The molecule has 5 rings (SSSR count). The van der Waals surface area contributed by atoms with Crippen molar-refractivity contribution in [3.05, 3.63) is 65.4 Å². The normalized spacial score (nSPS) is 25.5. The molecule has 2 aromatic heterocycles. The molecule has 162 valence electrons. The fourth-order valence-electron chi connectivity index (χ4n) is 4.57. The van der Waals surface area contributed by atoms with E-state index in [2.05, 4.69) is 21.8 Å². The lowest BCUT2D eigenvalue weighted by Gasteiger charge is -2.47. The van der Waals surface area contributed by atoms with Crippen molar-refractivity contribution in [3.63, 3.8) is 0 Å². The monoisotopic (exact) mass is 460 g/mol. The first kappa shape index (κ1) is 20.3. The summed E-state index contributed by atoms with van der Waals surface area (Å²) in [7, 11) is -3.66. The molecule has 0 unspecified atom stereocenters. The lowest BCUT2D eigenvalue weighted by molar-refractivity contribution is 0.118. The van der Waals surface area contributed by atoms with E-state index < -0.39 is 21.4 Å². The number of sulfonamides is 1. The van der Waals surface area contributed by atoms with Crippen LogP contribution in [0.5, 0.6) is 0 Å². The second-order valence-corrected chi connectivity index (χ2v) is 10.5. The number of thiazole rings is 1. The van der Waals surface area contributed by atoms with Crippen molar-refractivity contribution in [2.24, 2.45) is 0 Å². The Morgan fingerprint density at radius 2 is 2.26 bits per heavy atom. The van der Waals surface area contributed by atoms with Crippen molar-refractivity contribution in [2.45, 2.75) is 37.9 Å². The zero-order valence-corrected chi connectivity index (χ0v) is 18.4. The summed E-state index contributed by atoms with van der Waals surface area (Å²) in [6, 6.07) is 5.85. The van der Waals surface area contributed by atoms with Crippen LogP contribution in [0.15, 0.2) is 58.3 Å². The molecule has 0 saturated carbocycles. The van der Waals surface area contributed by atoms with Crippen molar-refractivity contribution >= 4 is 27.0 Å². The number of hydrogen-bond donors (Lipinski definition) is 0. The molecule has 0 radical (unpaired) electrons. The first-order valence-corrected chi connectivity index (χ1v) is 12.3. The van der Waals surface area contributed by atoms with Gasteiger partial charge in [-0.25, -0.2) is 17.8 Å². The number of halogens is 1. The van der Waals surface area contributed by atoms with E-state index in [0.717, 1.165) is 16.3 Å². The van der Waals surface area contributed by atoms with Crippen LogP contribution in [-0.4, -0.2) is 41.4 Å². The van der Waals surface area contributed by atoms with Gasteiger partial charge in [0.05, 0.1) is 21.6 Å². The number of rotatable bonds is 4. The van der Waals surface area contributed by atoms with Gasteiger partial charge in [0.2, 0.25) is 0 Å². The van der Waals surface area contributed by atoms with Crippen molar-refractivity contribution < 1.29 is 17.2 Å². The lowest BCUT2D eigenvalue weighted by Crippen LogP contribution is -2.56. The van der Waals surface area contributed by atoms with Gasteiger partial charge >= 0.3 is 0 Å². The lowest BCUT2D eigenvalue weighted by atomic mass is 9.83. The number of piperidine rings is 1. The molecule has 2 atom stereocenters. The van der Waals surface area contributed by atoms with Gasteiger partial charge < -0.3 is 4.42 Å². The molecule has 3 aromatic rings. The second kappa shape index (κ2) is 7.54. The van der Waals surface area contributed by atoms with Crippen LogP contribution in [0.25, 0.3) is 10.6 Å². The summed E-state index contributed by atoms with van der Waals surface area (Å²) in [5, 5.41) is 1.25. The maximum absolute atomic E-state index is 13.9. The number of hydrogen-bond acceptors (Lipinski definition) is 7. The zero-order chi connectivity index (χ0) is 21.6. The predicted molar refractivity (Wildman–Crippen MR) is 116 cm³/mol. The number of anilines is 1. The maximum atomic E-state index is 13.9. The summed E-state index contributed by atoms with van der Waals surface area (Å²) in [4.78, 5) is 11.7. The van der Waals surface area contributed by atoms with Crippen LogP contribution in [0.3, 0.4) is 0 Å². The molecule has 7 nitrogen and oxygen atoms in total. The van der Waals surface area contributed by atoms with Crippen molar-refractivity contribution in [2.75, 3.05) is 10.8 Å². The largest absolute Gasteiger partial charge is 0.442 e. The average molecular weight is 461 g/mol. The quantitative estimate of drug-likeness (QED) is 0.585. The third-order valence-corrected chi connectivity index (χ3v) is 8.34. The Kier molecular flexibility index (Phi) is 4.95. The van der Waals surface area contributed by atoms with Gasteiger partial charge in [0.1, 0.15) is 11.5 Å². The van der Waals surface area contributed by atoms with E-state index in [9.17, 15) is 12.8 Å². The van der Waals surface area contributed by atoms with Crippen LogP contribution >= 0.6 is 11.3 Å². The summed E-state index contributed by atoms with van der Waals surface area (Å²) >= 11 is 1.50. The van der Waals surface area contributed by atoms with E-state index in [1.807, 2.05) is 0 Å².